The summed E-state index contributed by atoms with van der Waals surface area (Å²) >= 11 is 3.31. The van der Waals surface area contributed by atoms with E-state index in [1.165, 1.54) is 0 Å². The molecule has 1 heterocycles. The molecule has 0 radical (unpaired) electrons. The van der Waals surface area contributed by atoms with Crippen LogP contribution in [-0.4, -0.2) is 33.8 Å². The van der Waals surface area contributed by atoms with Gasteiger partial charge in [-0.1, -0.05) is 5.16 Å². The van der Waals surface area contributed by atoms with Gasteiger partial charge in [-0.3, -0.25) is 5.32 Å². The molecule has 0 unspecified atom stereocenters. The standard InChI is InChI=1S/C5H8N2O3S2/c8-4(9)6-3-7-10-5-11-1-2-12-5/h3,5H,1-2H2,(H,6,7)(H,8,9). The molecule has 0 bridgehead atoms. The van der Waals surface area contributed by atoms with Crippen molar-refractivity contribution in [3.05, 3.63) is 0 Å². The normalized spacial score (nSPS) is 18.3. The van der Waals surface area contributed by atoms with E-state index in [4.69, 9.17) is 9.94 Å². The molecule has 12 heavy (non-hydrogen) atoms. The second kappa shape index (κ2) is 5.15. The summed E-state index contributed by atoms with van der Waals surface area (Å²) in [5.74, 6) is 2.11. The third kappa shape index (κ3) is 3.72. The fraction of sp³-hybridized carbons (Fsp3) is 0.600. The molecule has 0 aromatic carbocycles. The van der Waals surface area contributed by atoms with E-state index in [2.05, 4.69) is 5.16 Å². The van der Waals surface area contributed by atoms with Crippen molar-refractivity contribution in [3.63, 3.8) is 0 Å². The summed E-state index contributed by atoms with van der Waals surface area (Å²) in [6, 6.07) is 0. The molecule has 0 aliphatic carbocycles. The third-order valence-corrected chi connectivity index (χ3v) is 3.65. The van der Waals surface area contributed by atoms with Crippen LogP contribution in [0.3, 0.4) is 0 Å². The number of rotatable bonds is 3. The van der Waals surface area contributed by atoms with Crippen LogP contribution in [0.2, 0.25) is 0 Å². The van der Waals surface area contributed by atoms with Gasteiger partial charge in [0.1, 0.15) is 6.34 Å². The molecule has 5 nitrogen and oxygen atoms in total. The van der Waals surface area contributed by atoms with Crippen LogP contribution < -0.4 is 5.32 Å². The molecule has 1 fully saturated rings. The number of oxime groups is 1. The summed E-state index contributed by atoms with van der Waals surface area (Å²) in [5, 5.41) is 13.5. The van der Waals surface area contributed by atoms with Crippen molar-refractivity contribution in [1.29, 1.82) is 0 Å². The minimum atomic E-state index is -1.14. The Kier molecular flexibility index (Phi) is 4.09. The molecule has 0 aromatic rings. The van der Waals surface area contributed by atoms with Gasteiger partial charge in [0.25, 0.3) is 0 Å². The van der Waals surface area contributed by atoms with E-state index in [0.717, 1.165) is 17.8 Å². The predicted octanol–water partition coefficient (Wildman–Crippen LogP) is 0.977. The van der Waals surface area contributed by atoms with E-state index in [-0.39, 0.29) is 4.77 Å². The lowest BCUT2D eigenvalue weighted by atomic mass is 11.0. The third-order valence-electron chi connectivity index (χ3n) is 0.979. The van der Waals surface area contributed by atoms with Crippen LogP contribution in [0.15, 0.2) is 5.16 Å². The molecule has 0 aromatic heterocycles. The van der Waals surface area contributed by atoms with Gasteiger partial charge in [-0.25, -0.2) is 4.79 Å². The minimum absolute atomic E-state index is 0.0110. The van der Waals surface area contributed by atoms with Crippen molar-refractivity contribution in [2.45, 2.75) is 4.77 Å². The topological polar surface area (TPSA) is 70.9 Å². The van der Waals surface area contributed by atoms with Crippen LogP contribution in [-0.2, 0) is 4.84 Å². The second-order valence-electron chi connectivity index (χ2n) is 1.82. The number of nitrogens with zero attached hydrogens (tertiary/aromatic N) is 1. The van der Waals surface area contributed by atoms with Gasteiger partial charge in [0.05, 0.1) is 0 Å². The van der Waals surface area contributed by atoms with Crippen molar-refractivity contribution >= 4 is 36.0 Å². The quantitative estimate of drug-likeness (QED) is 0.411. The Morgan fingerprint density at radius 2 is 2.33 bits per heavy atom. The zero-order valence-corrected chi connectivity index (χ0v) is 7.73. The van der Waals surface area contributed by atoms with Crippen LogP contribution in [0.1, 0.15) is 0 Å². The number of hydrogen-bond donors (Lipinski definition) is 2. The highest BCUT2D eigenvalue weighted by atomic mass is 32.2. The lowest BCUT2D eigenvalue weighted by molar-refractivity contribution is 0.175. The molecule has 1 saturated heterocycles. The first-order valence-corrected chi connectivity index (χ1v) is 5.29. The summed E-state index contributed by atoms with van der Waals surface area (Å²) in [4.78, 5) is 14.8. The molecule has 1 amide bonds. The Morgan fingerprint density at radius 3 is 2.92 bits per heavy atom. The number of hydrogen-bond acceptors (Lipinski definition) is 5. The van der Waals surface area contributed by atoms with E-state index in [1.54, 1.807) is 23.5 Å². The van der Waals surface area contributed by atoms with Crippen LogP contribution >= 0.6 is 23.5 Å². The van der Waals surface area contributed by atoms with Gasteiger partial charge in [0.15, 0.2) is 0 Å². The van der Waals surface area contributed by atoms with Crippen molar-refractivity contribution < 1.29 is 14.7 Å². The molecular formula is C5H8N2O3S2. The maximum atomic E-state index is 9.93. The number of nitrogens with one attached hydrogen (secondary N) is 1. The van der Waals surface area contributed by atoms with E-state index in [1.807, 2.05) is 5.32 Å². The van der Waals surface area contributed by atoms with E-state index in [9.17, 15) is 4.79 Å². The fourth-order valence-electron chi connectivity index (χ4n) is 0.559. The molecule has 7 heteroatoms. The van der Waals surface area contributed by atoms with Crippen molar-refractivity contribution in [2.24, 2.45) is 5.16 Å². The monoisotopic (exact) mass is 208 g/mol. The Balaban J connectivity index is 2.07. The summed E-state index contributed by atoms with van der Waals surface area (Å²) in [6.07, 6.45) is -0.129. The van der Waals surface area contributed by atoms with Crippen LogP contribution in [0.25, 0.3) is 0 Å². The summed E-state index contributed by atoms with van der Waals surface area (Å²) in [5.41, 5.74) is 0. The molecule has 1 aliphatic rings. The molecule has 68 valence electrons. The van der Waals surface area contributed by atoms with Crippen molar-refractivity contribution in [3.8, 4) is 0 Å². The number of carbonyl (C=O) groups is 1. The molecule has 2 N–H and O–H groups in total. The van der Waals surface area contributed by atoms with Gasteiger partial charge in [-0.15, -0.1) is 23.5 Å². The Bertz CT molecular complexity index is 182. The van der Waals surface area contributed by atoms with Crippen LogP contribution in [0, 0.1) is 0 Å². The maximum absolute atomic E-state index is 9.93. The number of carboxylic acid groups (broad SMARTS) is 1. The Labute approximate surface area is 77.9 Å². The molecule has 1 aliphatic heterocycles. The lowest BCUT2D eigenvalue weighted by Crippen LogP contribution is -2.18. The van der Waals surface area contributed by atoms with E-state index >= 15 is 0 Å². The van der Waals surface area contributed by atoms with Gasteiger partial charge in [-0.05, 0) is 0 Å². The van der Waals surface area contributed by atoms with Gasteiger partial charge < -0.3 is 9.94 Å². The number of amides is 1. The molecule has 0 atom stereocenters. The minimum Gasteiger partial charge on any atom is -0.465 e. The summed E-state index contributed by atoms with van der Waals surface area (Å²) in [6.45, 7) is 0. The first-order valence-electron chi connectivity index (χ1n) is 3.19. The van der Waals surface area contributed by atoms with E-state index < -0.39 is 6.09 Å². The Morgan fingerprint density at radius 1 is 1.67 bits per heavy atom. The lowest BCUT2D eigenvalue weighted by Gasteiger charge is -2.02. The highest BCUT2D eigenvalue weighted by Crippen LogP contribution is 2.32. The van der Waals surface area contributed by atoms with Gasteiger partial charge in [0.2, 0.25) is 4.77 Å². The average Bonchev–Trinajstić information content (AvgIpc) is 2.49. The highest BCUT2D eigenvalue weighted by Gasteiger charge is 2.16. The SMILES string of the molecule is O=C(O)NC=NOC1SCCS1. The predicted molar refractivity (Wildman–Crippen MR) is 49.4 cm³/mol. The first-order chi connectivity index (χ1) is 5.79. The average molecular weight is 208 g/mol. The molecular weight excluding hydrogens is 200 g/mol. The first kappa shape index (κ1) is 9.53. The smallest absolute Gasteiger partial charge is 0.409 e. The van der Waals surface area contributed by atoms with Crippen molar-refractivity contribution in [1.82, 2.24) is 5.32 Å². The van der Waals surface area contributed by atoms with Gasteiger partial charge in [-0.2, -0.15) is 0 Å². The van der Waals surface area contributed by atoms with Crippen LogP contribution in [0.4, 0.5) is 4.79 Å². The van der Waals surface area contributed by atoms with Crippen LogP contribution in [0.5, 0.6) is 0 Å². The van der Waals surface area contributed by atoms with Gasteiger partial charge >= 0.3 is 6.09 Å². The zero-order valence-electron chi connectivity index (χ0n) is 6.10. The molecule has 0 spiro atoms. The fourth-order valence-corrected chi connectivity index (χ4v) is 2.90. The maximum Gasteiger partial charge on any atom is 0.409 e. The van der Waals surface area contributed by atoms with E-state index in [0.29, 0.717) is 0 Å². The summed E-state index contributed by atoms with van der Waals surface area (Å²) < 4.78 is 0.0110. The highest BCUT2D eigenvalue weighted by molar-refractivity contribution is 8.19. The second-order valence-corrected chi connectivity index (χ2v) is 4.46. The Hall–Kier alpha value is -0.560. The number of thioether (sulfide) groups is 2. The van der Waals surface area contributed by atoms with Gasteiger partial charge in [0, 0.05) is 11.5 Å². The zero-order chi connectivity index (χ0) is 8.81. The molecule has 0 saturated carbocycles. The van der Waals surface area contributed by atoms with Crippen molar-refractivity contribution in [2.75, 3.05) is 11.5 Å². The largest absolute Gasteiger partial charge is 0.465 e. The molecule has 1 rings (SSSR count). The summed E-state index contributed by atoms with van der Waals surface area (Å²) in [7, 11) is 0.